The van der Waals surface area contributed by atoms with Gasteiger partial charge in [-0.05, 0) is 37.0 Å². The minimum Gasteiger partial charge on any atom is -0.365 e. The van der Waals surface area contributed by atoms with Gasteiger partial charge in [0.05, 0.1) is 11.3 Å². The van der Waals surface area contributed by atoms with Crippen LogP contribution in [0, 0.1) is 11.7 Å². The molecule has 0 spiro atoms. The summed E-state index contributed by atoms with van der Waals surface area (Å²) in [4.78, 5) is 1.92. The van der Waals surface area contributed by atoms with Crippen molar-refractivity contribution in [1.82, 2.24) is 5.32 Å². The van der Waals surface area contributed by atoms with E-state index in [1.54, 1.807) is 0 Å². The molecule has 2 nitrogen and oxygen atoms in total. The highest BCUT2D eigenvalue weighted by molar-refractivity contribution is 5.51. The number of nitrogens with zero attached hydrogens (tertiary/aromatic N) is 1. The summed E-state index contributed by atoms with van der Waals surface area (Å²) in [6.45, 7) is 2.37. The van der Waals surface area contributed by atoms with Gasteiger partial charge in [-0.25, -0.2) is 4.39 Å². The van der Waals surface area contributed by atoms with Crippen LogP contribution in [-0.2, 0) is 6.18 Å². The number of halogens is 4. The van der Waals surface area contributed by atoms with Gasteiger partial charge in [0.1, 0.15) is 5.82 Å². The Bertz CT molecular complexity index is 500. The number of hydrogen-bond acceptors (Lipinski definition) is 2. The standard InChI is InChI=1S/C14H16F4N2/c15-11-6-10(14(16,17)18)3-4-12(11)20-5-1-2-9-7-19-8-13(9)20/h3-4,6,9,13,19H,1-2,5,7-8H2. The summed E-state index contributed by atoms with van der Waals surface area (Å²) in [5.74, 6) is -0.321. The maximum atomic E-state index is 14.1. The molecular weight excluding hydrogens is 272 g/mol. The molecule has 0 saturated carbocycles. The lowest BCUT2D eigenvalue weighted by Crippen LogP contribution is -2.45. The zero-order valence-electron chi connectivity index (χ0n) is 10.9. The van der Waals surface area contributed by atoms with E-state index in [0.29, 0.717) is 18.5 Å². The van der Waals surface area contributed by atoms with Crippen molar-refractivity contribution in [2.24, 2.45) is 5.92 Å². The number of benzene rings is 1. The molecule has 3 rings (SSSR count). The van der Waals surface area contributed by atoms with Crippen LogP contribution in [0.3, 0.4) is 0 Å². The Morgan fingerprint density at radius 3 is 2.70 bits per heavy atom. The summed E-state index contributed by atoms with van der Waals surface area (Å²) >= 11 is 0. The van der Waals surface area contributed by atoms with Crippen molar-refractivity contribution in [3.63, 3.8) is 0 Å². The summed E-state index contributed by atoms with van der Waals surface area (Å²) in [6.07, 6.45) is -2.46. The van der Waals surface area contributed by atoms with E-state index in [9.17, 15) is 17.6 Å². The first-order valence-corrected chi connectivity index (χ1v) is 6.81. The molecule has 2 fully saturated rings. The summed E-state index contributed by atoms with van der Waals surface area (Å²) in [7, 11) is 0. The average Bonchev–Trinajstić information content (AvgIpc) is 2.85. The molecule has 2 aliphatic rings. The number of alkyl halides is 3. The molecule has 2 saturated heterocycles. The highest BCUT2D eigenvalue weighted by Gasteiger charge is 2.37. The number of piperidine rings is 1. The molecule has 2 heterocycles. The van der Waals surface area contributed by atoms with E-state index in [1.165, 1.54) is 6.07 Å². The highest BCUT2D eigenvalue weighted by atomic mass is 19.4. The minimum atomic E-state index is -4.50. The van der Waals surface area contributed by atoms with Crippen molar-refractivity contribution in [2.75, 3.05) is 24.5 Å². The van der Waals surface area contributed by atoms with Crippen molar-refractivity contribution < 1.29 is 17.6 Å². The first-order valence-electron chi connectivity index (χ1n) is 6.81. The fraction of sp³-hybridized carbons (Fsp3) is 0.571. The Morgan fingerprint density at radius 2 is 2.00 bits per heavy atom. The molecule has 0 amide bonds. The third kappa shape index (κ3) is 2.37. The lowest BCUT2D eigenvalue weighted by Gasteiger charge is -2.39. The fourth-order valence-electron chi connectivity index (χ4n) is 3.28. The van der Waals surface area contributed by atoms with Crippen LogP contribution >= 0.6 is 0 Å². The molecule has 110 valence electrons. The molecule has 1 N–H and O–H groups in total. The second-order valence-corrected chi connectivity index (χ2v) is 5.49. The van der Waals surface area contributed by atoms with E-state index in [2.05, 4.69) is 5.32 Å². The predicted octanol–water partition coefficient (Wildman–Crippen LogP) is 3.03. The summed E-state index contributed by atoms with van der Waals surface area (Å²) in [5, 5.41) is 3.27. The highest BCUT2D eigenvalue weighted by Crippen LogP contribution is 2.35. The van der Waals surface area contributed by atoms with Crippen molar-refractivity contribution in [1.29, 1.82) is 0 Å². The molecule has 1 aromatic carbocycles. The van der Waals surface area contributed by atoms with E-state index < -0.39 is 17.6 Å². The van der Waals surface area contributed by atoms with Crippen molar-refractivity contribution in [3.8, 4) is 0 Å². The molecule has 2 aliphatic heterocycles. The molecule has 20 heavy (non-hydrogen) atoms. The predicted molar refractivity (Wildman–Crippen MR) is 68.1 cm³/mol. The first kappa shape index (κ1) is 13.7. The van der Waals surface area contributed by atoms with Gasteiger partial charge in [0.2, 0.25) is 0 Å². The second-order valence-electron chi connectivity index (χ2n) is 5.49. The Morgan fingerprint density at radius 1 is 1.20 bits per heavy atom. The van der Waals surface area contributed by atoms with Crippen LogP contribution in [0.1, 0.15) is 18.4 Å². The number of anilines is 1. The van der Waals surface area contributed by atoms with Crippen LogP contribution in [0.25, 0.3) is 0 Å². The van der Waals surface area contributed by atoms with Crippen LogP contribution in [0.5, 0.6) is 0 Å². The monoisotopic (exact) mass is 288 g/mol. The quantitative estimate of drug-likeness (QED) is 0.799. The molecule has 0 aliphatic carbocycles. The smallest absolute Gasteiger partial charge is 0.365 e. The molecule has 0 aromatic heterocycles. The van der Waals surface area contributed by atoms with Crippen LogP contribution in [0.15, 0.2) is 18.2 Å². The summed E-state index contributed by atoms with van der Waals surface area (Å²) in [5.41, 5.74) is -0.645. The normalized spacial score (nSPS) is 26.7. The Hall–Kier alpha value is -1.30. The Balaban J connectivity index is 1.90. The summed E-state index contributed by atoms with van der Waals surface area (Å²) < 4.78 is 51.8. The van der Waals surface area contributed by atoms with Crippen LogP contribution in [0.2, 0.25) is 0 Å². The van der Waals surface area contributed by atoms with E-state index in [1.807, 2.05) is 4.90 Å². The van der Waals surface area contributed by atoms with Crippen molar-refractivity contribution in [3.05, 3.63) is 29.6 Å². The molecule has 2 unspecified atom stereocenters. The minimum absolute atomic E-state index is 0.190. The van der Waals surface area contributed by atoms with E-state index in [0.717, 1.165) is 32.0 Å². The van der Waals surface area contributed by atoms with Gasteiger partial charge in [-0.15, -0.1) is 0 Å². The van der Waals surface area contributed by atoms with Crippen LogP contribution in [0.4, 0.5) is 23.2 Å². The molecule has 0 radical (unpaired) electrons. The molecular formula is C14H16F4N2. The van der Waals surface area contributed by atoms with Gasteiger partial charge < -0.3 is 10.2 Å². The van der Waals surface area contributed by atoms with E-state index in [4.69, 9.17) is 0 Å². The summed E-state index contributed by atoms with van der Waals surface area (Å²) in [6, 6.07) is 3.01. The van der Waals surface area contributed by atoms with Crippen LogP contribution < -0.4 is 10.2 Å². The van der Waals surface area contributed by atoms with Crippen molar-refractivity contribution >= 4 is 5.69 Å². The van der Waals surface area contributed by atoms with Gasteiger partial charge in [0.25, 0.3) is 0 Å². The lowest BCUT2D eigenvalue weighted by atomic mass is 9.91. The van der Waals surface area contributed by atoms with Crippen LogP contribution in [-0.4, -0.2) is 25.7 Å². The molecule has 0 bridgehead atoms. The zero-order valence-corrected chi connectivity index (χ0v) is 10.9. The van der Waals surface area contributed by atoms with E-state index >= 15 is 0 Å². The topological polar surface area (TPSA) is 15.3 Å². The third-order valence-electron chi connectivity index (χ3n) is 4.26. The zero-order chi connectivity index (χ0) is 14.3. The fourth-order valence-corrected chi connectivity index (χ4v) is 3.28. The van der Waals surface area contributed by atoms with Gasteiger partial charge in [-0.2, -0.15) is 13.2 Å². The Labute approximate surface area is 114 Å². The number of nitrogens with one attached hydrogen (secondary N) is 1. The lowest BCUT2D eigenvalue weighted by molar-refractivity contribution is -0.137. The first-order chi connectivity index (χ1) is 9.47. The maximum absolute atomic E-state index is 14.1. The average molecular weight is 288 g/mol. The van der Waals surface area contributed by atoms with Gasteiger partial charge >= 0.3 is 6.18 Å². The number of fused-ring (bicyclic) bond motifs is 1. The number of hydrogen-bond donors (Lipinski definition) is 1. The van der Waals surface area contributed by atoms with Gasteiger partial charge in [0.15, 0.2) is 0 Å². The largest absolute Gasteiger partial charge is 0.416 e. The van der Waals surface area contributed by atoms with Gasteiger partial charge in [-0.1, -0.05) is 0 Å². The number of rotatable bonds is 1. The SMILES string of the molecule is Fc1cc(C(F)(F)F)ccc1N1CCCC2CNCC21. The van der Waals surface area contributed by atoms with Gasteiger partial charge in [-0.3, -0.25) is 0 Å². The van der Waals surface area contributed by atoms with Gasteiger partial charge in [0, 0.05) is 25.7 Å². The molecule has 2 atom stereocenters. The second kappa shape index (κ2) is 4.91. The van der Waals surface area contributed by atoms with E-state index in [-0.39, 0.29) is 11.7 Å². The Kier molecular flexibility index (Phi) is 3.36. The molecule has 1 aromatic rings. The maximum Gasteiger partial charge on any atom is 0.416 e. The third-order valence-corrected chi connectivity index (χ3v) is 4.26. The van der Waals surface area contributed by atoms with Crippen molar-refractivity contribution in [2.45, 2.75) is 25.1 Å². The molecule has 6 heteroatoms.